The first-order valence-electron chi connectivity index (χ1n) is 8.38. The van der Waals surface area contributed by atoms with Gasteiger partial charge in [-0.2, -0.15) is 5.10 Å². The van der Waals surface area contributed by atoms with Crippen LogP contribution in [0, 0.1) is 20.8 Å². The van der Waals surface area contributed by atoms with Crippen LogP contribution >= 0.6 is 0 Å². The first-order chi connectivity index (χ1) is 11.5. The molecule has 2 heteroatoms. The lowest BCUT2D eigenvalue weighted by Crippen LogP contribution is -1.98. The van der Waals surface area contributed by atoms with E-state index in [1.807, 2.05) is 6.21 Å². The molecule has 1 aliphatic carbocycles. The number of benzene rings is 2. The Morgan fingerprint density at radius 3 is 2.38 bits per heavy atom. The quantitative estimate of drug-likeness (QED) is 0.560. The van der Waals surface area contributed by atoms with Gasteiger partial charge in [-0.05, 0) is 56.4 Å². The fourth-order valence-electron chi connectivity index (χ4n) is 3.28. The number of rotatable bonds is 4. The van der Waals surface area contributed by atoms with E-state index in [4.69, 9.17) is 0 Å². The number of hydrazone groups is 1. The van der Waals surface area contributed by atoms with Crippen LogP contribution in [0.2, 0.25) is 0 Å². The third kappa shape index (κ3) is 3.48. The van der Waals surface area contributed by atoms with Gasteiger partial charge in [0.05, 0.1) is 11.9 Å². The summed E-state index contributed by atoms with van der Waals surface area (Å²) in [6.07, 6.45) is 7.44. The highest BCUT2D eigenvalue weighted by molar-refractivity contribution is 5.90. The molecule has 0 fully saturated rings. The van der Waals surface area contributed by atoms with Gasteiger partial charge in [0.2, 0.25) is 0 Å². The van der Waals surface area contributed by atoms with E-state index in [2.05, 4.69) is 86.8 Å². The van der Waals surface area contributed by atoms with Crippen LogP contribution in [0.4, 0.5) is 5.69 Å². The van der Waals surface area contributed by atoms with Crippen molar-refractivity contribution in [3.63, 3.8) is 0 Å². The Labute approximate surface area is 144 Å². The average Bonchev–Trinajstić information content (AvgIpc) is 2.96. The Hall–Kier alpha value is -2.61. The summed E-state index contributed by atoms with van der Waals surface area (Å²) < 4.78 is 0. The van der Waals surface area contributed by atoms with E-state index in [9.17, 15) is 0 Å². The minimum atomic E-state index is 1.00. The molecule has 0 saturated carbocycles. The lowest BCUT2D eigenvalue weighted by atomic mass is 9.99. The van der Waals surface area contributed by atoms with Crippen molar-refractivity contribution in [3.8, 4) is 0 Å². The minimum Gasteiger partial charge on any atom is -0.278 e. The Morgan fingerprint density at radius 2 is 1.71 bits per heavy atom. The molecular formula is C22H24N2. The molecule has 0 amide bonds. The monoisotopic (exact) mass is 316 g/mol. The topological polar surface area (TPSA) is 24.4 Å². The predicted molar refractivity (Wildman–Crippen MR) is 105 cm³/mol. The van der Waals surface area contributed by atoms with Gasteiger partial charge in [0.15, 0.2) is 0 Å². The fraction of sp³-hybridized carbons (Fsp3) is 0.227. The van der Waals surface area contributed by atoms with Gasteiger partial charge in [-0.15, -0.1) is 0 Å². The van der Waals surface area contributed by atoms with Gasteiger partial charge in [-0.1, -0.05) is 59.7 Å². The van der Waals surface area contributed by atoms with Crippen LogP contribution in [0.1, 0.15) is 41.2 Å². The smallest absolute Gasteiger partial charge is 0.0620 e. The summed E-state index contributed by atoms with van der Waals surface area (Å²) in [4.78, 5) is 0. The van der Waals surface area contributed by atoms with Crippen LogP contribution in [0.3, 0.4) is 0 Å². The number of hydrogen-bond acceptors (Lipinski definition) is 2. The van der Waals surface area contributed by atoms with E-state index in [-0.39, 0.29) is 0 Å². The minimum absolute atomic E-state index is 1.00. The molecule has 0 radical (unpaired) electrons. The molecular weight excluding hydrogens is 292 g/mol. The van der Waals surface area contributed by atoms with Crippen molar-refractivity contribution in [1.29, 1.82) is 0 Å². The molecule has 122 valence electrons. The van der Waals surface area contributed by atoms with E-state index < -0.39 is 0 Å². The summed E-state index contributed by atoms with van der Waals surface area (Å²) in [5, 5.41) is 4.50. The highest BCUT2D eigenvalue weighted by atomic mass is 15.3. The van der Waals surface area contributed by atoms with Crippen LogP contribution in [-0.2, 0) is 0 Å². The molecule has 0 aliphatic heterocycles. The maximum Gasteiger partial charge on any atom is 0.0620 e. The number of nitrogens with zero attached hydrogens (tertiary/aromatic N) is 1. The number of hydrogen-bond donors (Lipinski definition) is 1. The Kier molecular flexibility index (Phi) is 4.66. The molecule has 1 aliphatic rings. The number of nitrogens with one attached hydrogen (secondary N) is 1. The second-order valence-corrected chi connectivity index (χ2v) is 6.55. The zero-order valence-corrected chi connectivity index (χ0v) is 14.9. The molecule has 0 bridgehead atoms. The van der Waals surface area contributed by atoms with Crippen molar-refractivity contribution in [1.82, 2.24) is 0 Å². The van der Waals surface area contributed by atoms with Crippen LogP contribution in [0.5, 0.6) is 0 Å². The van der Waals surface area contributed by atoms with E-state index in [0.717, 1.165) is 17.7 Å². The fourth-order valence-corrected chi connectivity index (χ4v) is 3.28. The summed E-state index contributed by atoms with van der Waals surface area (Å²) >= 11 is 0. The van der Waals surface area contributed by atoms with Crippen LogP contribution in [0.25, 0.3) is 5.57 Å². The van der Waals surface area contributed by atoms with Crippen LogP contribution in [-0.4, -0.2) is 6.21 Å². The Bertz CT molecular complexity index is 831. The van der Waals surface area contributed by atoms with E-state index in [0.29, 0.717) is 0 Å². The highest BCUT2D eigenvalue weighted by Gasteiger charge is 2.09. The molecule has 0 saturated heterocycles. The van der Waals surface area contributed by atoms with Crippen molar-refractivity contribution in [2.75, 3.05) is 5.43 Å². The molecule has 1 N–H and O–H groups in total. The molecule has 2 aromatic carbocycles. The van der Waals surface area contributed by atoms with Crippen molar-refractivity contribution >= 4 is 17.5 Å². The molecule has 0 atom stereocenters. The molecule has 0 spiro atoms. The van der Waals surface area contributed by atoms with Gasteiger partial charge >= 0.3 is 0 Å². The van der Waals surface area contributed by atoms with Crippen LogP contribution < -0.4 is 5.43 Å². The normalized spacial score (nSPS) is 14.0. The molecule has 3 rings (SSSR count). The largest absolute Gasteiger partial charge is 0.278 e. The SMILES string of the molecule is CC1=CCC(c2ccccc2/C=N/Nc2c(C)cc(C)cc2C)=C1. The Morgan fingerprint density at radius 1 is 1.00 bits per heavy atom. The number of aryl methyl sites for hydroxylation is 3. The molecule has 0 heterocycles. The van der Waals surface area contributed by atoms with Crippen molar-refractivity contribution in [2.24, 2.45) is 5.10 Å². The number of allylic oxidation sites excluding steroid dienone is 4. The lowest BCUT2D eigenvalue weighted by Gasteiger charge is -2.11. The van der Waals surface area contributed by atoms with E-state index in [1.54, 1.807) is 0 Å². The molecule has 24 heavy (non-hydrogen) atoms. The first kappa shape index (κ1) is 16.3. The van der Waals surface area contributed by atoms with E-state index >= 15 is 0 Å². The molecule has 2 nitrogen and oxygen atoms in total. The highest BCUT2D eigenvalue weighted by Crippen LogP contribution is 2.28. The van der Waals surface area contributed by atoms with Gasteiger partial charge in [-0.3, -0.25) is 5.43 Å². The number of anilines is 1. The average molecular weight is 316 g/mol. The molecule has 0 unspecified atom stereocenters. The van der Waals surface area contributed by atoms with Gasteiger partial charge in [-0.25, -0.2) is 0 Å². The second kappa shape index (κ2) is 6.88. The standard InChI is InChI=1S/C22H24N2/c1-15-9-10-19(13-15)21-8-6-5-7-20(21)14-23-24-22-17(3)11-16(2)12-18(22)4/h5-9,11-14,24H,10H2,1-4H3/b23-14+. The summed E-state index contributed by atoms with van der Waals surface area (Å²) in [5.41, 5.74) is 13.1. The van der Waals surface area contributed by atoms with Gasteiger partial charge < -0.3 is 0 Å². The lowest BCUT2D eigenvalue weighted by molar-refractivity contribution is 1.25. The summed E-state index contributed by atoms with van der Waals surface area (Å²) in [6, 6.07) is 12.8. The van der Waals surface area contributed by atoms with Crippen molar-refractivity contribution in [3.05, 3.63) is 81.9 Å². The maximum absolute atomic E-state index is 4.50. The van der Waals surface area contributed by atoms with Gasteiger partial charge in [0.1, 0.15) is 0 Å². The van der Waals surface area contributed by atoms with Crippen molar-refractivity contribution < 1.29 is 0 Å². The molecule has 2 aromatic rings. The zero-order chi connectivity index (χ0) is 17.1. The third-order valence-corrected chi connectivity index (χ3v) is 4.41. The zero-order valence-electron chi connectivity index (χ0n) is 14.9. The summed E-state index contributed by atoms with van der Waals surface area (Å²) in [6.45, 7) is 8.50. The second-order valence-electron chi connectivity index (χ2n) is 6.55. The Balaban J connectivity index is 1.83. The van der Waals surface area contributed by atoms with Crippen molar-refractivity contribution in [2.45, 2.75) is 34.1 Å². The first-order valence-corrected chi connectivity index (χ1v) is 8.38. The third-order valence-electron chi connectivity index (χ3n) is 4.41. The summed E-state index contributed by atoms with van der Waals surface area (Å²) in [5.74, 6) is 0. The molecule has 0 aromatic heterocycles. The predicted octanol–water partition coefficient (Wildman–Crippen LogP) is 5.79. The van der Waals surface area contributed by atoms with Gasteiger partial charge in [0.25, 0.3) is 0 Å². The van der Waals surface area contributed by atoms with Gasteiger partial charge in [0, 0.05) is 5.56 Å². The summed E-state index contributed by atoms with van der Waals surface area (Å²) in [7, 11) is 0. The van der Waals surface area contributed by atoms with Crippen LogP contribution in [0.15, 0.2) is 59.2 Å². The maximum atomic E-state index is 4.50. The van der Waals surface area contributed by atoms with E-state index in [1.165, 1.54) is 33.4 Å².